The van der Waals surface area contributed by atoms with E-state index in [-0.39, 0.29) is 12.2 Å². The second kappa shape index (κ2) is 6.28. The second-order valence-electron chi connectivity index (χ2n) is 3.90. The monoisotopic (exact) mass is 290 g/mol. The van der Waals surface area contributed by atoms with Crippen molar-refractivity contribution in [3.05, 3.63) is 46.2 Å². The lowest BCUT2D eigenvalue weighted by molar-refractivity contribution is 0.102. The van der Waals surface area contributed by atoms with E-state index in [2.05, 4.69) is 22.1 Å². The van der Waals surface area contributed by atoms with Gasteiger partial charge in [-0.05, 0) is 25.1 Å². The summed E-state index contributed by atoms with van der Waals surface area (Å²) in [6.45, 7) is 1.48. The van der Waals surface area contributed by atoms with Crippen LogP contribution in [0.15, 0.2) is 23.6 Å². The van der Waals surface area contributed by atoms with E-state index in [9.17, 15) is 9.18 Å². The molecule has 2 N–H and O–H groups in total. The number of aromatic nitrogens is 1. The van der Waals surface area contributed by atoms with Crippen LogP contribution in [0.25, 0.3) is 0 Å². The van der Waals surface area contributed by atoms with E-state index in [1.807, 2.05) is 6.92 Å². The number of aliphatic hydroxyl groups excluding tert-OH is 1. The van der Waals surface area contributed by atoms with Crippen LogP contribution >= 0.6 is 11.3 Å². The highest BCUT2D eigenvalue weighted by atomic mass is 32.1. The van der Waals surface area contributed by atoms with Gasteiger partial charge in [0, 0.05) is 10.9 Å². The number of benzene rings is 1. The number of hydrogen-bond acceptors (Lipinski definition) is 4. The van der Waals surface area contributed by atoms with Crippen molar-refractivity contribution in [1.29, 1.82) is 0 Å². The molecular weight excluding hydrogens is 279 g/mol. The van der Waals surface area contributed by atoms with Crippen molar-refractivity contribution in [2.24, 2.45) is 0 Å². The van der Waals surface area contributed by atoms with Gasteiger partial charge in [0.25, 0.3) is 5.91 Å². The summed E-state index contributed by atoms with van der Waals surface area (Å²) in [5.74, 6) is 4.04. The first kappa shape index (κ1) is 14.2. The van der Waals surface area contributed by atoms with Gasteiger partial charge in [0.05, 0.1) is 11.3 Å². The predicted molar refractivity (Wildman–Crippen MR) is 75.2 cm³/mol. The molecule has 4 nitrogen and oxygen atoms in total. The first-order chi connectivity index (χ1) is 9.60. The van der Waals surface area contributed by atoms with Gasteiger partial charge in [-0.3, -0.25) is 10.1 Å². The first-order valence-corrected chi connectivity index (χ1v) is 6.61. The van der Waals surface area contributed by atoms with Crippen LogP contribution in [0.2, 0.25) is 0 Å². The Morgan fingerprint density at radius 3 is 3.00 bits per heavy atom. The third kappa shape index (κ3) is 3.41. The number of amides is 1. The van der Waals surface area contributed by atoms with Crippen LogP contribution in [0.1, 0.15) is 21.6 Å². The minimum absolute atomic E-state index is 0.110. The van der Waals surface area contributed by atoms with Crippen molar-refractivity contribution in [3.8, 4) is 11.8 Å². The molecule has 0 aliphatic heterocycles. The normalized spacial score (nSPS) is 9.75. The Kier molecular flexibility index (Phi) is 4.45. The zero-order valence-corrected chi connectivity index (χ0v) is 11.4. The van der Waals surface area contributed by atoms with Gasteiger partial charge in [0.15, 0.2) is 5.13 Å². The van der Waals surface area contributed by atoms with E-state index in [0.29, 0.717) is 10.7 Å². The molecular formula is C14H11FN2O2S. The minimum Gasteiger partial charge on any atom is -0.384 e. The summed E-state index contributed by atoms with van der Waals surface area (Å²) >= 11 is 1.29. The van der Waals surface area contributed by atoms with Crippen LogP contribution in [0.3, 0.4) is 0 Å². The number of hydrogen-bond donors (Lipinski definition) is 2. The van der Waals surface area contributed by atoms with Gasteiger partial charge in [0.1, 0.15) is 12.4 Å². The quantitative estimate of drug-likeness (QED) is 0.833. The van der Waals surface area contributed by atoms with E-state index in [1.54, 1.807) is 5.38 Å². The minimum atomic E-state index is -0.528. The Bertz CT molecular complexity index is 701. The molecule has 0 saturated heterocycles. The topological polar surface area (TPSA) is 62.2 Å². The van der Waals surface area contributed by atoms with E-state index in [0.717, 1.165) is 11.8 Å². The number of rotatable bonds is 2. The molecule has 0 fully saturated rings. The zero-order chi connectivity index (χ0) is 14.5. The number of anilines is 1. The van der Waals surface area contributed by atoms with E-state index in [1.165, 1.54) is 23.5 Å². The van der Waals surface area contributed by atoms with Gasteiger partial charge in [-0.1, -0.05) is 11.8 Å². The molecule has 102 valence electrons. The maximum atomic E-state index is 13.3. The average molecular weight is 290 g/mol. The number of nitrogens with zero attached hydrogens (tertiary/aromatic N) is 1. The van der Waals surface area contributed by atoms with Gasteiger partial charge in [-0.2, -0.15) is 0 Å². The number of aliphatic hydroxyl groups is 1. The van der Waals surface area contributed by atoms with Gasteiger partial charge in [-0.25, -0.2) is 9.37 Å². The van der Waals surface area contributed by atoms with Gasteiger partial charge in [-0.15, -0.1) is 11.3 Å². The van der Waals surface area contributed by atoms with Crippen molar-refractivity contribution in [2.75, 3.05) is 11.9 Å². The molecule has 0 radical (unpaired) electrons. The molecule has 0 bridgehead atoms. The lowest BCUT2D eigenvalue weighted by Gasteiger charge is -2.04. The van der Waals surface area contributed by atoms with Crippen LogP contribution in [0, 0.1) is 24.6 Å². The summed E-state index contributed by atoms with van der Waals surface area (Å²) in [6.07, 6.45) is 0. The summed E-state index contributed by atoms with van der Waals surface area (Å²) in [7, 11) is 0. The summed E-state index contributed by atoms with van der Waals surface area (Å²) < 4.78 is 13.3. The molecule has 0 unspecified atom stereocenters. The van der Waals surface area contributed by atoms with Crippen molar-refractivity contribution < 1.29 is 14.3 Å². The van der Waals surface area contributed by atoms with Gasteiger partial charge >= 0.3 is 0 Å². The number of aryl methyl sites for hydroxylation is 1. The SMILES string of the molecule is Cc1csc(NC(=O)c2cc(F)ccc2C#CCO)n1. The van der Waals surface area contributed by atoms with E-state index < -0.39 is 11.7 Å². The van der Waals surface area contributed by atoms with Crippen molar-refractivity contribution in [3.63, 3.8) is 0 Å². The Hall–Kier alpha value is -2.23. The molecule has 1 amide bonds. The second-order valence-corrected chi connectivity index (χ2v) is 4.76. The molecule has 2 aromatic rings. The fourth-order valence-electron chi connectivity index (χ4n) is 1.52. The zero-order valence-electron chi connectivity index (χ0n) is 10.6. The Labute approximate surface area is 119 Å². The third-order valence-corrected chi connectivity index (χ3v) is 3.24. The van der Waals surface area contributed by atoms with Gasteiger partial charge in [0.2, 0.25) is 0 Å². The highest BCUT2D eigenvalue weighted by molar-refractivity contribution is 7.13. The Balaban J connectivity index is 2.30. The summed E-state index contributed by atoms with van der Waals surface area (Å²) in [4.78, 5) is 16.2. The van der Waals surface area contributed by atoms with Gasteiger partial charge < -0.3 is 5.11 Å². The Morgan fingerprint density at radius 1 is 1.55 bits per heavy atom. The summed E-state index contributed by atoms with van der Waals surface area (Å²) in [5.41, 5.74) is 1.26. The number of thiazole rings is 1. The van der Waals surface area contributed by atoms with E-state index in [4.69, 9.17) is 5.11 Å². The Morgan fingerprint density at radius 2 is 2.35 bits per heavy atom. The molecule has 1 aromatic heterocycles. The van der Waals surface area contributed by atoms with Crippen LogP contribution < -0.4 is 5.32 Å². The van der Waals surface area contributed by atoms with Crippen LogP contribution in [0.4, 0.5) is 9.52 Å². The number of halogens is 1. The largest absolute Gasteiger partial charge is 0.384 e. The predicted octanol–water partition coefficient (Wildman–Crippen LogP) is 2.19. The molecule has 0 atom stereocenters. The fraction of sp³-hybridized carbons (Fsp3) is 0.143. The van der Waals surface area contributed by atoms with Crippen molar-refractivity contribution in [1.82, 2.24) is 4.98 Å². The summed E-state index contributed by atoms with van der Waals surface area (Å²) in [6, 6.07) is 3.73. The molecule has 0 aliphatic carbocycles. The molecule has 6 heteroatoms. The molecule has 2 rings (SSSR count). The van der Waals surface area contributed by atoms with E-state index >= 15 is 0 Å². The highest BCUT2D eigenvalue weighted by Crippen LogP contribution is 2.17. The van der Waals surface area contributed by atoms with Crippen molar-refractivity contribution in [2.45, 2.75) is 6.92 Å². The molecule has 0 aliphatic rings. The van der Waals surface area contributed by atoms with Crippen LogP contribution in [-0.2, 0) is 0 Å². The van der Waals surface area contributed by atoms with Crippen LogP contribution in [-0.4, -0.2) is 22.6 Å². The van der Waals surface area contributed by atoms with Crippen molar-refractivity contribution >= 4 is 22.4 Å². The smallest absolute Gasteiger partial charge is 0.258 e. The lowest BCUT2D eigenvalue weighted by Crippen LogP contribution is -2.13. The third-order valence-electron chi connectivity index (χ3n) is 2.37. The molecule has 1 heterocycles. The number of carbonyl (C=O) groups is 1. The first-order valence-electron chi connectivity index (χ1n) is 5.73. The van der Waals surface area contributed by atoms with Crippen LogP contribution in [0.5, 0.6) is 0 Å². The number of nitrogens with one attached hydrogen (secondary N) is 1. The highest BCUT2D eigenvalue weighted by Gasteiger charge is 2.13. The maximum Gasteiger partial charge on any atom is 0.258 e. The maximum absolute atomic E-state index is 13.3. The average Bonchev–Trinajstić information content (AvgIpc) is 2.82. The molecule has 0 saturated carbocycles. The number of carbonyl (C=O) groups excluding carboxylic acids is 1. The summed E-state index contributed by atoms with van der Waals surface area (Å²) in [5, 5.41) is 13.5. The molecule has 0 spiro atoms. The standard InChI is InChI=1S/C14H11FN2O2S/c1-9-8-20-14(16-9)17-13(19)12-7-11(15)5-4-10(12)3-2-6-18/h4-5,7-8,18H,6H2,1H3,(H,16,17,19). The molecule has 20 heavy (non-hydrogen) atoms. The lowest BCUT2D eigenvalue weighted by atomic mass is 10.1. The fourth-order valence-corrected chi connectivity index (χ4v) is 2.21. The molecule has 1 aromatic carbocycles.